The van der Waals surface area contributed by atoms with E-state index < -0.39 is 0 Å². The van der Waals surface area contributed by atoms with Crippen molar-refractivity contribution < 1.29 is 4.79 Å². The van der Waals surface area contributed by atoms with Gasteiger partial charge in [-0.1, -0.05) is 19.3 Å². The van der Waals surface area contributed by atoms with Crippen molar-refractivity contribution in [2.24, 2.45) is 5.92 Å². The quantitative estimate of drug-likeness (QED) is 0.852. The molecule has 4 rings (SSSR count). The molecule has 3 aliphatic rings. The second kappa shape index (κ2) is 7.78. The van der Waals surface area contributed by atoms with E-state index in [0.29, 0.717) is 13.1 Å². The van der Waals surface area contributed by atoms with E-state index in [1.165, 1.54) is 32.1 Å². The van der Waals surface area contributed by atoms with Gasteiger partial charge in [-0.25, -0.2) is 9.97 Å². The third-order valence-corrected chi connectivity index (χ3v) is 6.06. The number of hydrogen-bond donors (Lipinski definition) is 2. The molecule has 0 bridgehead atoms. The minimum absolute atomic E-state index is 0.178. The Morgan fingerprint density at radius 3 is 2.81 bits per heavy atom. The molecule has 2 N–H and O–H groups in total. The summed E-state index contributed by atoms with van der Waals surface area (Å²) in [6.45, 7) is 3.80. The van der Waals surface area contributed by atoms with Crippen LogP contribution in [0.15, 0.2) is 6.33 Å². The van der Waals surface area contributed by atoms with Crippen LogP contribution in [0.2, 0.25) is 0 Å². The summed E-state index contributed by atoms with van der Waals surface area (Å²) < 4.78 is 0. The lowest BCUT2D eigenvalue weighted by Gasteiger charge is -2.28. The maximum absolute atomic E-state index is 12.8. The molecule has 26 heavy (non-hydrogen) atoms. The van der Waals surface area contributed by atoms with Crippen molar-refractivity contribution in [1.82, 2.24) is 20.2 Å². The topological polar surface area (TPSA) is 73.4 Å². The summed E-state index contributed by atoms with van der Waals surface area (Å²) in [6, 6.07) is 0.272. The summed E-state index contributed by atoms with van der Waals surface area (Å²) >= 11 is 0. The highest BCUT2D eigenvalue weighted by atomic mass is 16.2. The molecular weight excluding hydrogens is 328 g/mol. The van der Waals surface area contributed by atoms with Crippen LogP contribution >= 0.6 is 0 Å². The fourth-order valence-electron chi connectivity index (χ4n) is 4.53. The number of fused-ring (bicyclic) bond motifs is 1. The van der Waals surface area contributed by atoms with Gasteiger partial charge in [-0.15, -0.1) is 0 Å². The van der Waals surface area contributed by atoms with Crippen LogP contribution in [0.3, 0.4) is 0 Å². The van der Waals surface area contributed by atoms with Crippen molar-refractivity contribution in [3.8, 4) is 0 Å². The van der Waals surface area contributed by atoms with Crippen molar-refractivity contribution in [2.75, 3.05) is 43.4 Å². The fraction of sp³-hybridized carbons (Fsp3) is 0.737. The first kappa shape index (κ1) is 17.5. The first-order valence-electron chi connectivity index (χ1n) is 10.0. The molecule has 0 spiro atoms. The van der Waals surface area contributed by atoms with Crippen LogP contribution in [0.4, 0.5) is 11.6 Å². The lowest BCUT2D eigenvalue weighted by Crippen LogP contribution is -2.43. The number of aromatic nitrogens is 2. The Morgan fingerprint density at radius 1 is 1.19 bits per heavy atom. The second-order valence-corrected chi connectivity index (χ2v) is 7.93. The van der Waals surface area contributed by atoms with E-state index in [4.69, 9.17) is 0 Å². The van der Waals surface area contributed by atoms with E-state index in [-0.39, 0.29) is 11.9 Å². The Labute approximate surface area is 155 Å². The number of carbonyl (C=O) groups excluding carboxylic acids is 1. The molecule has 2 fully saturated rings. The Morgan fingerprint density at radius 2 is 2.04 bits per heavy atom. The van der Waals surface area contributed by atoms with E-state index in [1.807, 2.05) is 16.8 Å². The Balaban J connectivity index is 1.55. The summed E-state index contributed by atoms with van der Waals surface area (Å²) in [4.78, 5) is 25.8. The minimum atomic E-state index is 0.178. The van der Waals surface area contributed by atoms with Crippen molar-refractivity contribution in [1.29, 1.82) is 0 Å². The zero-order chi connectivity index (χ0) is 17.9. The zero-order valence-corrected chi connectivity index (χ0v) is 15.7. The van der Waals surface area contributed by atoms with E-state index in [0.717, 1.165) is 49.2 Å². The van der Waals surface area contributed by atoms with Gasteiger partial charge < -0.3 is 20.4 Å². The predicted octanol–water partition coefficient (Wildman–Crippen LogP) is 1.61. The lowest BCUT2D eigenvalue weighted by atomic mass is 9.89. The van der Waals surface area contributed by atoms with Crippen LogP contribution in [-0.2, 0) is 11.3 Å². The molecule has 1 aromatic rings. The summed E-state index contributed by atoms with van der Waals surface area (Å²) in [5, 5.41) is 6.96. The first-order chi connectivity index (χ1) is 12.7. The number of nitrogens with one attached hydrogen (secondary N) is 2. The van der Waals surface area contributed by atoms with E-state index in [2.05, 4.69) is 20.6 Å². The molecule has 0 aromatic carbocycles. The molecule has 2 aliphatic heterocycles. The normalized spacial score (nSPS) is 24.5. The second-order valence-electron chi connectivity index (χ2n) is 7.93. The number of anilines is 2. The van der Waals surface area contributed by atoms with Crippen molar-refractivity contribution in [2.45, 2.75) is 51.1 Å². The highest BCUT2D eigenvalue weighted by Gasteiger charge is 2.32. The zero-order valence-electron chi connectivity index (χ0n) is 15.7. The van der Waals surface area contributed by atoms with Gasteiger partial charge in [0.15, 0.2) is 0 Å². The van der Waals surface area contributed by atoms with Crippen LogP contribution in [0.25, 0.3) is 0 Å². The Kier molecular flexibility index (Phi) is 5.24. The molecule has 1 aromatic heterocycles. The highest BCUT2D eigenvalue weighted by molar-refractivity contribution is 5.84. The average Bonchev–Trinajstić information content (AvgIpc) is 3.15. The van der Waals surface area contributed by atoms with E-state index >= 15 is 0 Å². The standard InChI is InChI=1S/C19H30N6O/c1-24-12-17(26)25(15-7-8-20-10-15)11-16-18(22-13-23-19(16)24)21-9-14-5-3-2-4-6-14/h13-15,20H,2-12H2,1H3,(H,21,22,23). The van der Waals surface area contributed by atoms with Crippen molar-refractivity contribution in [3.05, 3.63) is 11.9 Å². The molecule has 1 unspecified atom stereocenters. The minimum Gasteiger partial charge on any atom is -0.369 e. The number of likely N-dealkylation sites (N-methyl/N-ethyl adjacent to an activating group) is 1. The van der Waals surface area contributed by atoms with Crippen LogP contribution < -0.4 is 15.5 Å². The number of amides is 1. The van der Waals surface area contributed by atoms with Gasteiger partial charge in [0.1, 0.15) is 18.0 Å². The van der Waals surface area contributed by atoms with Crippen LogP contribution in [0.5, 0.6) is 0 Å². The van der Waals surface area contributed by atoms with Gasteiger partial charge in [-0.05, 0) is 31.7 Å². The third kappa shape index (κ3) is 3.63. The monoisotopic (exact) mass is 358 g/mol. The molecule has 1 amide bonds. The van der Waals surface area contributed by atoms with E-state index in [9.17, 15) is 4.79 Å². The molecule has 1 atom stereocenters. The van der Waals surface area contributed by atoms with Gasteiger partial charge in [0.25, 0.3) is 0 Å². The molecule has 142 valence electrons. The average molecular weight is 358 g/mol. The Hall–Kier alpha value is -1.89. The molecule has 1 saturated carbocycles. The van der Waals surface area contributed by atoms with Gasteiger partial charge in [0.05, 0.1) is 18.7 Å². The van der Waals surface area contributed by atoms with Crippen LogP contribution in [-0.4, -0.2) is 60.0 Å². The van der Waals surface area contributed by atoms with Crippen molar-refractivity contribution in [3.63, 3.8) is 0 Å². The summed E-state index contributed by atoms with van der Waals surface area (Å²) in [7, 11) is 1.95. The van der Waals surface area contributed by atoms with Gasteiger partial charge in [-0.3, -0.25) is 4.79 Å². The SMILES string of the molecule is CN1CC(=O)N(C2CCNC2)Cc2c(NCC3CCCCC3)ncnc21. The number of rotatable bonds is 4. The number of nitrogens with zero attached hydrogens (tertiary/aromatic N) is 4. The summed E-state index contributed by atoms with van der Waals surface area (Å²) in [5.74, 6) is 2.69. The molecule has 1 aliphatic carbocycles. The fourth-order valence-corrected chi connectivity index (χ4v) is 4.53. The maximum Gasteiger partial charge on any atom is 0.242 e. The van der Waals surface area contributed by atoms with Gasteiger partial charge >= 0.3 is 0 Å². The van der Waals surface area contributed by atoms with Gasteiger partial charge in [-0.2, -0.15) is 0 Å². The van der Waals surface area contributed by atoms with Crippen LogP contribution in [0, 0.1) is 5.92 Å². The number of hydrogen-bond acceptors (Lipinski definition) is 6. The van der Waals surface area contributed by atoms with Gasteiger partial charge in [0.2, 0.25) is 5.91 Å². The molecule has 0 radical (unpaired) electrons. The molecule has 7 nitrogen and oxygen atoms in total. The molecular formula is C19H30N6O. The summed E-state index contributed by atoms with van der Waals surface area (Å²) in [5.41, 5.74) is 1.06. The molecule has 1 saturated heterocycles. The molecule has 7 heteroatoms. The maximum atomic E-state index is 12.8. The van der Waals surface area contributed by atoms with Crippen LogP contribution in [0.1, 0.15) is 44.1 Å². The van der Waals surface area contributed by atoms with Crippen molar-refractivity contribution >= 4 is 17.5 Å². The third-order valence-electron chi connectivity index (χ3n) is 6.06. The molecule has 3 heterocycles. The highest BCUT2D eigenvalue weighted by Crippen LogP contribution is 2.30. The largest absolute Gasteiger partial charge is 0.369 e. The Bertz CT molecular complexity index is 639. The predicted molar refractivity (Wildman–Crippen MR) is 102 cm³/mol. The first-order valence-corrected chi connectivity index (χ1v) is 10.0. The lowest BCUT2D eigenvalue weighted by molar-refractivity contribution is -0.132. The van der Waals surface area contributed by atoms with E-state index in [1.54, 1.807) is 6.33 Å². The van der Waals surface area contributed by atoms with Gasteiger partial charge in [0, 0.05) is 26.2 Å². The number of carbonyl (C=O) groups is 1. The summed E-state index contributed by atoms with van der Waals surface area (Å²) in [6.07, 6.45) is 9.30. The smallest absolute Gasteiger partial charge is 0.242 e.